The smallest absolute Gasteiger partial charge is 0.269 e. The number of ether oxygens (including phenoxy) is 4. The highest BCUT2D eigenvalue weighted by atomic mass is 79.9. The topological polar surface area (TPSA) is 215 Å². The molecule has 0 aromatic heterocycles. The third-order valence-corrected chi connectivity index (χ3v) is 17.7. The number of aliphatic imine (C=N–C) groups is 2. The summed E-state index contributed by atoms with van der Waals surface area (Å²) in [6.45, 7) is 6.10. The highest BCUT2D eigenvalue weighted by Gasteiger charge is 2.38. The SMILES string of the molecule is COc1cc2c(cc1OCCCOc1cc3c(cc1OC)C(=O)N1C=C(c4ccc(C5CC5)cc4)C[C@@H]1C=N3)N=C[C@H]1CC(c3ccc(NC(=O)[C@@H](C)CC(=O)[C@H](NC(=O)CCCCCN4C(=O)C(Br)=C(Br)C4=O)C(C)C)cc3)=CN1C2=O. The van der Waals surface area contributed by atoms with Crippen LogP contribution in [0, 0.1) is 11.8 Å². The molecule has 4 aromatic carbocycles. The van der Waals surface area contributed by atoms with Crippen LogP contribution in [0.2, 0.25) is 0 Å². The monoisotopic (exact) mass is 1250 g/mol. The quantitative estimate of drug-likeness (QED) is 0.0497. The van der Waals surface area contributed by atoms with Crippen molar-refractivity contribution in [3.8, 4) is 23.0 Å². The van der Waals surface area contributed by atoms with Crippen LogP contribution in [0.3, 0.4) is 0 Å². The lowest BCUT2D eigenvalue weighted by molar-refractivity contribution is -0.137. The molecule has 0 saturated heterocycles. The van der Waals surface area contributed by atoms with E-state index in [2.05, 4.69) is 66.8 Å². The predicted octanol–water partition coefficient (Wildman–Crippen LogP) is 11.0. The number of methoxy groups -OCH3 is 2. The van der Waals surface area contributed by atoms with Crippen LogP contribution in [0.25, 0.3) is 11.1 Å². The Morgan fingerprint density at radius 3 is 1.66 bits per heavy atom. The molecule has 432 valence electrons. The van der Waals surface area contributed by atoms with Gasteiger partial charge in [0.2, 0.25) is 11.8 Å². The van der Waals surface area contributed by atoms with E-state index < -0.39 is 23.8 Å². The Morgan fingerprint density at radius 2 is 1.17 bits per heavy atom. The van der Waals surface area contributed by atoms with Gasteiger partial charge in [-0.05, 0) is 121 Å². The van der Waals surface area contributed by atoms with Gasteiger partial charge >= 0.3 is 0 Å². The van der Waals surface area contributed by atoms with Crippen molar-refractivity contribution in [3.63, 3.8) is 0 Å². The van der Waals surface area contributed by atoms with Gasteiger partial charge in [0.05, 0.1) is 68.1 Å². The standard InChI is InChI=1S/C63H65Br2N7O11/c1-35(2)58(69-55(74)10-7-6-8-21-70-62(78)56(64)57(65)63(70)79)50(73)24-36(3)59(75)68-43-19-17-40(18-20-43)42-26-45-32-67-49-30-54(52(81-5)28-47(49)61(77)72(45)34-42)83-23-9-22-82-53-29-48-46(27-51(53)80-4)60(76)71-33-41(25-44(71)31-66-48)39-15-13-38(14-16-39)37-11-12-37/h13-20,27-37,44-45,58H,6-12,21-26H2,1-5H3,(H,68,75)(H,69,74)/t36-,44+,45+,58+/m0/s1. The number of halogens is 2. The number of anilines is 1. The summed E-state index contributed by atoms with van der Waals surface area (Å²) in [6, 6.07) is 21.5. The Hall–Kier alpha value is -7.71. The summed E-state index contributed by atoms with van der Waals surface area (Å²) in [5.74, 6) is -0.615. The summed E-state index contributed by atoms with van der Waals surface area (Å²) in [5.41, 5.74) is 7.64. The Bertz CT molecular complexity index is 3400. The normalized spacial score (nSPS) is 18.7. The molecular weight excluding hydrogens is 1190 g/mol. The fraction of sp³-hybridized carbons (Fsp3) is 0.381. The summed E-state index contributed by atoms with van der Waals surface area (Å²) >= 11 is 6.24. The van der Waals surface area contributed by atoms with Crippen LogP contribution < -0.4 is 29.6 Å². The van der Waals surface area contributed by atoms with Gasteiger partial charge < -0.3 is 39.4 Å². The molecule has 2 N–H and O–H groups in total. The van der Waals surface area contributed by atoms with Crippen molar-refractivity contribution in [3.05, 3.63) is 122 Å². The number of hydrogen-bond donors (Lipinski definition) is 2. The minimum Gasteiger partial charge on any atom is -0.493 e. The van der Waals surface area contributed by atoms with E-state index in [0.29, 0.717) is 95.6 Å². The molecule has 0 spiro atoms. The van der Waals surface area contributed by atoms with E-state index in [-0.39, 0.29) is 89.0 Å². The van der Waals surface area contributed by atoms with Crippen LogP contribution in [0.5, 0.6) is 23.0 Å². The van der Waals surface area contributed by atoms with E-state index in [4.69, 9.17) is 28.9 Å². The van der Waals surface area contributed by atoms with E-state index in [1.54, 1.807) is 59.3 Å². The average molecular weight is 1260 g/mol. The molecule has 0 unspecified atom stereocenters. The van der Waals surface area contributed by atoms with E-state index in [1.165, 1.54) is 32.6 Å². The first kappa shape index (κ1) is 58.5. The highest BCUT2D eigenvalue weighted by molar-refractivity contribution is 9.14. The van der Waals surface area contributed by atoms with E-state index in [9.17, 15) is 33.6 Å². The second-order valence-electron chi connectivity index (χ2n) is 21.9. The van der Waals surface area contributed by atoms with Crippen LogP contribution in [0.1, 0.15) is 128 Å². The highest BCUT2D eigenvalue weighted by Crippen LogP contribution is 2.44. The maximum Gasteiger partial charge on any atom is 0.269 e. The molecule has 1 aliphatic carbocycles. The van der Waals surface area contributed by atoms with Crippen molar-refractivity contribution >= 4 is 114 Å². The maximum atomic E-state index is 14.1. The molecule has 1 saturated carbocycles. The molecular formula is C63H65Br2N7O11. The molecule has 0 radical (unpaired) electrons. The number of hydrogen-bond acceptors (Lipinski definition) is 13. The average Bonchev–Trinajstić information content (AvgIpc) is 3.32. The van der Waals surface area contributed by atoms with E-state index >= 15 is 0 Å². The van der Waals surface area contributed by atoms with Crippen molar-refractivity contribution < 1.29 is 52.5 Å². The number of benzene rings is 4. The Balaban J connectivity index is 0.679. The number of ketones is 1. The van der Waals surface area contributed by atoms with Gasteiger partial charge in [-0.3, -0.25) is 48.4 Å². The van der Waals surface area contributed by atoms with Gasteiger partial charge in [-0.1, -0.05) is 63.6 Å². The number of fused-ring (bicyclic) bond motifs is 4. The maximum absolute atomic E-state index is 14.1. The van der Waals surface area contributed by atoms with Gasteiger partial charge in [0, 0.05) is 87.2 Å². The van der Waals surface area contributed by atoms with Crippen LogP contribution in [0.15, 0.2) is 104 Å². The zero-order valence-corrected chi connectivity index (χ0v) is 50.0. The molecule has 6 aliphatic rings. The van der Waals surface area contributed by atoms with Crippen LogP contribution >= 0.6 is 31.9 Å². The fourth-order valence-corrected chi connectivity index (χ4v) is 11.6. The molecule has 20 heteroatoms. The molecule has 5 heterocycles. The first-order chi connectivity index (χ1) is 40.0. The Labute approximate surface area is 498 Å². The summed E-state index contributed by atoms with van der Waals surface area (Å²) in [4.78, 5) is 106. The molecule has 4 atom stereocenters. The summed E-state index contributed by atoms with van der Waals surface area (Å²) in [6.07, 6.45) is 13.2. The van der Waals surface area contributed by atoms with Gasteiger partial charge in [-0.25, -0.2) is 0 Å². The van der Waals surface area contributed by atoms with Gasteiger partial charge in [0.15, 0.2) is 28.8 Å². The second kappa shape index (κ2) is 25.4. The van der Waals surface area contributed by atoms with Gasteiger partial charge in [-0.2, -0.15) is 0 Å². The largest absolute Gasteiger partial charge is 0.493 e. The number of carbonyl (C=O) groups is 7. The molecule has 6 amide bonds. The van der Waals surface area contributed by atoms with Crippen LogP contribution in [0.4, 0.5) is 17.1 Å². The molecule has 1 fully saturated rings. The number of unbranched alkanes of at least 4 members (excludes halogenated alkanes) is 2. The fourth-order valence-electron chi connectivity index (χ4n) is 10.8. The number of rotatable bonds is 24. The molecule has 4 aromatic rings. The summed E-state index contributed by atoms with van der Waals surface area (Å²) in [7, 11) is 3.05. The first-order valence-corrected chi connectivity index (χ1v) is 29.7. The number of Topliss-reactive ketones (excluding diaryl/α,β-unsaturated/α-hetero) is 1. The van der Waals surface area contributed by atoms with Crippen molar-refractivity contribution in [1.29, 1.82) is 0 Å². The molecule has 83 heavy (non-hydrogen) atoms. The molecule has 10 rings (SSSR count). The predicted molar refractivity (Wildman–Crippen MR) is 322 cm³/mol. The lowest BCUT2D eigenvalue weighted by atomic mass is 9.92. The lowest BCUT2D eigenvalue weighted by Crippen LogP contribution is -2.45. The van der Waals surface area contributed by atoms with Crippen LogP contribution in [-0.2, 0) is 24.0 Å². The minimum atomic E-state index is -0.772. The number of nitrogens with one attached hydrogen (secondary N) is 2. The zero-order valence-electron chi connectivity index (χ0n) is 46.9. The number of nitrogens with zero attached hydrogens (tertiary/aromatic N) is 5. The third kappa shape index (κ3) is 12.9. The van der Waals surface area contributed by atoms with Gasteiger partial charge in [0.25, 0.3) is 23.6 Å². The number of imide groups is 1. The van der Waals surface area contributed by atoms with Gasteiger partial charge in [0.1, 0.15) is 8.96 Å². The third-order valence-electron chi connectivity index (χ3n) is 15.7. The minimum absolute atomic E-state index is 0.0748. The number of amides is 6. The second-order valence-corrected chi connectivity index (χ2v) is 23.5. The number of carbonyl (C=O) groups excluding carboxylic acids is 7. The van der Waals surface area contributed by atoms with Crippen LogP contribution in [-0.4, -0.2) is 120 Å². The van der Waals surface area contributed by atoms with Crippen molar-refractivity contribution in [2.45, 2.75) is 109 Å². The lowest BCUT2D eigenvalue weighted by Gasteiger charge is -2.23. The van der Waals surface area contributed by atoms with Crippen molar-refractivity contribution in [2.24, 2.45) is 21.8 Å². The molecule has 18 nitrogen and oxygen atoms in total. The molecule has 0 bridgehead atoms. The summed E-state index contributed by atoms with van der Waals surface area (Å²) < 4.78 is 24.2. The van der Waals surface area contributed by atoms with Gasteiger partial charge in [-0.15, -0.1) is 0 Å². The zero-order chi connectivity index (χ0) is 58.6. The Kier molecular flexibility index (Phi) is 17.9. The van der Waals surface area contributed by atoms with E-state index in [1.807, 2.05) is 44.6 Å². The summed E-state index contributed by atoms with van der Waals surface area (Å²) in [5, 5.41) is 5.75. The first-order valence-electron chi connectivity index (χ1n) is 28.1. The van der Waals surface area contributed by atoms with Crippen molar-refractivity contribution in [2.75, 3.05) is 39.3 Å². The molecule has 5 aliphatic heterocycles. The van der Waals surface area contributed by atoms with Crippen molar-refractivity contribution in [1.82, 2.24) is 20.0 Å². The van der Waals surface area contributed by atoms with E-state index in [0.717, 1.165) is 27.2 Å². The Morgan fingerprint density at radius 1 is 0.651 bits per heavy atom.